The summed E-state index contributed by atoms with van der Waals surface area (Å²) in [5.41, 5.74) is 6.18. The Hall–Kier alpha value is -2.35. The van der Waals surface area contributed by atoms with Crippen molar-refractivity contribution < 1.29 is 4.79 Å². The molecule has 0 heterocycles. The summed E-state index contributed by atoms with van der Waals surface area (Å²) >= 11 is 0. The molecule has 2 nitrogen and oxygen atoms in total. The van der Waals surface area contributed by atoms with Crippen molar-refractivity contribution in [2.24, 2.45) is 5.41 Å². The standard InChI is InChI=1S/C20H21NO/c1-14(22)21-18-12-8-7-11-16(18)17-13-20(2,3)19(17)15-9-5-4-6-10-15/h4-12H,13H2,1-3H3,(H,21,22). The van der Waals surface area contributed by atoms with Crippen molar-refractivity contribution in [3.63, 3.8) is 0 Å². The third-order valence-electron chi connectivity index (χ3n) is 4.22. The van der Waals surface area contributed by atoms with E-state index in [1.807, 2.05) is 24.3 Å². The van der Waals surface area contributed by atoms with Gasteiger partial charge in [0.15, 0.2) is 0 Å². The fourth-order valence-corrected chi connectivity index (χ4v) is 3.37. The molecule has 2 aromatic rings. The zero-order valence-electron chi connectivity index (χ0n) is 13.3. The molecular weight excluding hydrogens is 270 g/mol. The second-order valence-corrected chi connectivity index (χ2v) is 6.51. The molecule has 112 valence electrons. The second-order valence-electron chi connectivity index (χ2n) is 6.51. The topological polar surface area (TPSA) is 29.1 Å². The van der Waals surface area contributed by atoms with Gasteiger partial charge in [-0.3, -0.25) is 4.79 Å². The number of rotatable bonds is 3. The Balaban J connectivity index is 2.13. The first-order valence-electron chi connectivity index (χ1n) is 7.65. The van der Waals surface area contributed by atoms with E-state index in [2.05, 4.69) is 49.5 Å². The van der Waals surface area contributed by atoms with E-state index in [0.717, 1.165) is 17.7 Å². The van der Waals surface area contributed by atoms with Gasteiger partial charge in [-0.2, -0.15) is 0 Å². The Bertz CT molecular complexity index is 741. The number of allylic oxidation sites excluding steroid dienone is 2. The van der Waals surface area contributed by atoms with E-state index in [4.69, 9.17) is 0 Å². The van der Waals surface area contributed by atoms with Crippen LogP contribution in [0.25, 0.3) is 11.1 Å². The lowest BCUT2D eigenvalue weighted by atomic mass is 9.62. The molecule has 2 heteroatoms. The third kappa shape index (κ3) is 2.57. The number of hydrogen-bond acceptors (Lipinski definition) is 1. The third-order valence-corrected chi connectivity index (χ3v) is 4.22. The number of hydrogen-bond donors (Lipinski definition) is 1. The SMILES string of the molecule is CC(=O)Nc1ccccc1C1=C(c2ccccc2)C(C)(C)C1. The maximum Gasteiger partial charge on any atom is 0.221 e. The maximum atomic E-state index is 11.4. The molecule has 0 saturated carbocycles. The van der Waals surface area contributed by atoms with E-state index < -0.39 is 0 Å². The van der Waals surface area contributed by atoms with Crippen LogP contribution in [0.3, 0.4) is 0 Å². The normalized spacial score (nSPS) is 16.1. The number of para-hydroxylation sites is 1. The van der Waals surface area contributed by atoms with Gasteiger partial charge in [0.2, 0.25) is 5.91 Å². The smallest absolute Gasteiger partial charge is 0.221 e. The first-order valence-corrected chi connectivity index (χ1v) is 7.65. The number of nitrogens with one attached hydrogen (secondary N) is 1. The molecule has 0 aromatic heterocycles. The largest absolute Gasteiger partial charge is 0.326 e. The Morgan fingerprint density at radius 3 is 2.27 bits per heavy atom. The van der Waals surface area contributed by atoms with E-state index in [-0.39, 0.29) is 11.3 Å². The molecule has 0 saturated heterocycles. The van der Waals surface area contributed by atoms with Crippen LogP contribution in [-0.2, 0) is 4.79 Å². The summed E-state index contributed by atoms with van der Waals surface area (Å²) in [4.78, 5) is 11.4. The zero-order valence-corrected chi connectivity index (χ0v) is 13.3. The average Bonchev–Trinajstić information content (AvgIpc) is 2.46. The first-order chi connectivity index (χ1) is 10.5. The van der Waals surface area contributed by atoms with Gasteiger partial charge in [-0.1, -0.05) is 62.4 Å². The van der Waals surface area contributed by atoms with Crippen LogP contribution >= 0.6 is 0 Å². The van der Waals surface area contributed by atoms with E-state index in [1.54, 1.807) is 6.92 Å². The highest BCUT2D eigenvalue weighted by Crippen LogP contribution is 2.56. The van der Waals surface area contributed by atoms with Gasteiger partial charge in [0.1, 0.15) is 0 Å². The average molecular weight is 291 g/mol. The molecule has 1 aliphatic carbocycles. The highest BCUT2D eigenvalue weighted by Gasteiger charge is 2.38. The molecule has 3 rings (SSSR count). The summed E-state index contributed by atoms with van der Waals surface area (Å²) in [6.07, 6.45) is 1.02. The molecule has 1 amide bonds. The highest BCUT2D eigenvalue weighted by atomic mass is 16.1. The molecule has 0 unspecified atom stereocenters. The van der Waals surface area contributed by atoms with Crippen molar-refractivity contribution in [3.8, 4) is 0 Å². The van der Waals surface area contributed by atoms with Crippen molar-refractivity contribution in [2.75, 3.05) is 5.32 Å². The Morgan fingerprint density at radius 2 is 1.64 bits per heavy atom. The molecule has 22 heavy (non-hydrogen) atoms. The molecule has 2 aromatic carbocycles. The van der Waals surface area contributed by atoms with Gasteiger partial charge in [0.05, 0.1) is 0 Å². The minimum atomic E-state index is -0.0344. The lowest BCUT2D eigenvalue weighted by Crippen LogP contribution is -2.26. The van der Waals surface area contributed by atoms with Gasteiger partial charge in [0, 0.05) is 18.2 Å². The van der Waals surface area contributed by atoms with Crippen LogP contribution < -0.4 is 5.32 Å². The second kappa shape index (κ2) is 5.45. The summed E-state index contributed by atoms with van der Waals surface area (Å²) in [6.45, 7) is 6.10. The van der Waals surface area contributed by atoms with Crippen molar-refractivity contribution in [1.82, 2.24) is 0 Å². The summed E-state index contributed by atoms with van der Waals surface area (Å²) in [5.74, 6) is -0.0344. The number of amides is 1. The van der Waals surface area contributed by atoms with Crippen LogP contribution in [0.2, 0.25) is 0 Å². The van der Waals surface area contributed by atoms with Gasteiger partial charge < -0.3 is 5.32 Å². The Morgan fingerprint density at radius 1 is 1.00 bits per heavy atom. The van der Waals surface area contributed by atoms with E-state index in [0.29, 0.717) is 0 Å². The van der Waals surface area contributed by atoms with Crippen LogP contribution in [0.5, 0.6) is 0 Å². The van der Waals surface area contributed by atoms with Crippen LogP contribution in [0.4, 0.5) is 5.69 Å². The van der Waals surface area contributed by atoms with Gasteiger partial charge >= 0.3 is 0 Å². The van der Waals surface area contributed by atoms with Crippen LogP contribution in [0.15, 0.2) is 54.6 Å². The molecule has 0 spiro atoms. The summed E-state index contributed by atoms with van der Waals surface area (Å²) in [7, 11) is 0. The molecule has 1 aliphatic rings. The van der Waals surface area contributed by atoms with Gasteiger partial charge in [-0.05, 0) is 34.6 Å². The van der Waals surface area contributed by atoms with Gasteiger partial charge in [0.25, 0.3) is 0 Å². The fourth-order valence-electron chi connectivity index (χ4n) is 3.37. The van der Waals surface area contributed by atoms with E-state index >= 15 is 0 Å². The first kappa shape index (κ1) is 14.6. The molecule has 0 atom stereocenters. The summed E-state index contributed by atoms with van der Waals surface area (Å²) in [5, 5.41) is 2.95. The number of anilines is 1. The molecule has 0 aliphatic heterocycles. The van der Waals surface area contributed by atoms with Crippen molar-refractivity contribution in [1.29, 1.82) is 0 Å². The van der Waals surface area contributed by atoms with Crippen LogP contribution in [0.1, 0.15) is 38.3 Å². The quantitative estimate of drug-likeness (QED) is 0.848. The molecule has 0 radical (unpaired) electrons. The van der Waals surface area contributed by atoms with Crippen LogP contribution in [-0.4, -0.2) is 5.91 Å². The molecular formula is C20H21NO. The Kier molecular flexibility index (Phi) is 3.61. The molecule has 0 bridgehead atoms. The summed E-state index contributed by atoms with van der Waals surface area (Å²) in [6, 6.07) is 18.6. The number of carbonyl (C=O) groups excluding carboxylic acids is 1. The zero-order chi connectivity index (χ0) is 15.7. The monoisotopic (exact) mass is 291 g/mol. The van der Waals surface area contributed by atoms with Gasteiger partial charge in [-0.15, -0.1) is 0 Å². The summed E-state index contributed by atoms with van der Waals surface area (Å²) < 4.78 is 0. The lowest BCUT2D eigenvalue weighted by Gasteiger charge is -2.42. The molecule has 1 N–H and O–H groups in total. The lowest BCUT2D eigenvalue weighted by molar-refractivity contribution is -0.114. The number of benzene rings is 2. The van der Waals surface area contributed by atoms with Crippen LogP contribution in [0, 0.1) is 5.41 Å². The fraction of sp³-hybridized carbons (Fsp3) is 0.250. The highest BCUT2D eigenvalue weighted by molar-refractivity contribution is 6.04. The van der Waals surface area contributed by atoms with E-state index in [9.17, 15) is 4.79 Å². The Labute approximate surface area is 131 Å². The maximum absolute atomic E-state index is 11.4. The van der Waals surface area contributed by atoms with Crippen molar-refractivity contribution >= 4 is 22.7 Å². The van der Waals surface area contributed by atoms with E-state index in [1.165, 1.54) is 16.7 Å². The predicted octanol–water partition coefficient (Wildman–Crippen LogP) is 4.99. The van der Waals surface area contributed by atoms with Crippen molar-refractivity contribution in [2.45, 2.75) is 27.2 Å². The minimum Gasteiger partial charge on any atom is -0.326 e. The predicted molar refractivity (Wildman–Crippen MR) is 92.4 cm³/mol. The minimum absolute atomic E-state index is 0.0344. The van der Waals surface area contributed by atoms with Crippen molar-refractivity contribution in [3.05, 3.63) is 65.7 Å². The molecule has 0 fully saturated rings. The number of carbonyl (C=O) groups is 1. The van der Waals surface area contributed by atoms with Gasteiger partial charge in [-0.25, -0.2) is 0 Å².